The molecule has 10 heteroatoms. The van der Waals surface area contributed by atoms with Crippen LogP contribution in [0.5, 0.6) is 0 Å². The maximum absolute atomic E-state index is 13.8. The molecule has 1 aliphatic carbocycles. The van der Waals surface area contributed by atoms with Gasteiger partial charge < -0.3 is 10.6 Å². The summed E-state index contributed by atoms with van der Waals surface area (Å²) in [5.74, 6) is 0.209. The molecule has 0 bridgehead atoms. The van der Waals surface area contributed by atoms with Gasteiger partial charge in [-0.1, -0.05) is 42.8 Å². The number of halogens is 2. The van der Waals surface area contributed by atoms with Crippen molar-refractivity contribution in [1.82, 2.24) is 20.0 Å². The second kappa shape index (κ2) is 10.0. The van der Waals surface area contributed by atoms with Crippen LogP contribution >= 0.6 is 11.6 Å². The summed E-state index contributed by atoms with van der Waals surface area (Å²) in [7, 11) is 1.99. The minimum Gasteiger partial charge on any atom is -0.383 e. The molecule has 7 nitrogen and oxygen atoms in total. The van der Waals surface area contributed by atoms with Crippen molar-refractivity contribution in [3.63, 3.8) is 0 Å². The number of hydrogen-bond donors (Lipinski definition) is 2. The van der Waals surface area contributed by atoms with Crippen LogP contribution in [0.2, 0.25) is 5.02 Å². The number of rotatable bonds is 9. The van der Waals surface area contributed by atoms with Crippen LogP contribution in [-0.4, -0.2) is 34.4 Å². The van der Waals surface area contributed by atoms with Crippen molar-refractivity contribution >= 4 is 41.7 Å². The van der Waals surface area contributed by atoms with Crippen LogP contribution < -0.4 is 10.6 Å². The van der Waals surface area contributed by atoms with Gasteiger partial charge in [0.1, 0.15) is 25.4 Å². The normalized spacial score (nSPS) is 14.9. The molecule has 0 saturated heterocycles. The molecule has 4 aromatic rings. The van der Waals surface area contributed by atoms with Crippen LogP contribution in [0.15, 0.2) is 48.8 Å². The van der Waals surface area contributed by atoms with E-state index in [0.717, 1.165) is 36.8 Å². The smallest absolute Gasteiger partial charge is 0.148 e. The summed E-state index contributed by atoms with van der Waals surface area (Å²) >= 11 is 6.71. The van der Waals surface area contributed by atoms with Crippen molar-refractivity contribution in [3.8, 4) is 6.07 Å². The van der Waals surface area contributed by atoms with E-state index in [1.54, 1.807) is 18.3 Å². The van der Waals surface area contributed by atoms with E-state index in [-0.39, 0.29) is 5.82 Å². The second-order valence-corrected chi connectivity index (χ2v) is 10.6. The quantitative estimate of drug-likeness (QED) is 0.297. The Bertz CT molecular complexity index is 1480. The molecule has 0 radical (unpaired) electrons. The summed E-state index contributed by atoms with van der Waals surface area (Å²) in [6.45, 7) is 5.04. The fraction of sp³-hybridized carbons (Fsp3) is 0.333. The third kappa shape index (κ3) is 5.12. The van der Waals surface area contributed by atoms with Crippen LogP contribution in [0, 0.1) is 23.1 Å². The molecule has 188 valence electrons. The van der Waals surface area contributed by atoms with Crippen molar-refractivity contribution in [1.29, 1.82) is 5.26 Å². The minimum absolute atomic E-state index is 0.311. The van der Waals surface area contributed by atoms with Crippen molar-refractivity contribution in [2.75, 3.05) is 17.2 Å². The number of nitriles is 1. The van der Waals surface area contributed by atoms with E-state index in [0.29, 0.717) is 45.1 Å². The molecule has 2 N–H and O–H groups in total. The number of pyridine rings is 1. The highest BCUT2D eigenvalue weighted by Gasteiger charge is 2.34. The summed E-state index contributed by atoms with van der Waals surface area (Å²) in [6, 6.07) is 12.7. The van der Waals surface area contributed by atoms with E-state index in [2.05, 4.69) is 45.8 Å². The van der Waals surface area contributed by atoms with Gasteiger partial charge in [-0.15, -0.1) is 5.10 Å². The average Bonchev–Trinajstić information content (AvgIpc) is 3.60. The fourth-order valence-corrected chi connectivity index (χ4v) is 4.74. The maximum Gasteiger partial charge on any atom is 0.148 e. The second-order valence-electron chi connectivity index (χ2n) is 10.2. The first kappa shape index (κ1) is 25.0. The Morgan fingerprint density at radius 3 is 2.70 bits per heavy atom. The number of fused-ring (bicyclic) bond motifs is 1. The minimum atomic E-state index is -0.830. The number of aromatic nitrogens is 4. The lowest BCUT2D eigenvalue weighted by Gasteiger charge is -2.31. The van der Waals surface area contributed by atoms with Crippen LogP contribution in [0.3, 0.4) is 0 Å². The van der Waals surface area contributed by atoms with Crippen LogP contribution in [-0.2, 0) is 5.44 Å². The van der Waals surface area contributed by atoms with Gasteiger partial charge >= 0.3 is 0 Å². The summed E-state index contributed by atoms with van der Waals surface area (Å²) in [6.07, 6.45) is 6.64. The van der Waals surface area contributed by atoms with E-state index in [4.69, 9.17) is 11.6 Å². The lowest BCUT2D eigenvalue weighted by atomic mass is 9.69. The van der Waals surface area contributed by atoms with Crippen LogP contribution in [0.1, 0.15) is 56.0 Å². The maximum atomic E-state index is 13.8. The molecule has 5 rings (SSSR count). The Labute approximate surface area is 221 Å². The van der Waals surface area contributed by atoms with Gasteiger partial charge in [-0.25, -0.2) is 9.07 Å². The molecule has 1 atom stereocenters. The van der Waals surface area contributed by atoms with Gasteiger partial charge in [0.25, 0.3) is 0 Å². The standard InChI is InChI=1S/C27H28BClFN7/c1-16(2)9-10-32-25-17(13-31)14-33-26-22(25)11-20(12-23(26)29)34-27(28,18-3-5-19(30)6-4-18)24-15-37(36-35-24)21-7-8-21/h3-6,11-12,14-16,21,34H,7-10,28H2,1-2H3,(H,32,33). The lowest BCUT2D eigenvalue weighted by Crippen LogP contribution is -2.37. The fourth-order valence-electron chi connectivity index (χ4n) is 4.47. The van der Waals surface area contributed by atoms with E-state index in [1.165, 1.54) is 12.1 Å². The van der Waals surface area contributed by atoms with Crippen molar-refractivity contribution in [3.05, 3.63) is 76.5 Å². The highest BCUT2D eigenvalue weighted by molar-refractivity contribution is 6.36. The Morgan fingerprint density at radius 2 is 2.03 bits per heavy atom. The Hall–Kier alpha value is -3.64. The molecule has 2 heterocycles. The van der Waals surface area contributed by atoms with E-state index < -0.39 is 5.44 Å². The monoisotopic (exact) mass is 515 g/mol. The molecular weight excluding hydrogens is 488 g/mol. The number of nitrogens with one attached hydrogen (secondary N) is 2. The number of anilines is 2. The van der Waals surface area contributed by atoms with Gasteiger partial charge in [0.05, 0.1) is 39.5 Å². The zero-order chi connectivity index (χ0) is 26.2. The molecule has 2 aromatic carbocycles. The first-order valence-electron chi connectivity index (χ1n) is 12.5. The molecule has 1 unspecified atom stereocenters. The molecule has 0 amide bonds. The number of benzene rings is 2. The summed E-state index contributed by atoms with van der Waals surface area (Å²) in [5.41, 5.74) is 3.20. The zero-order valence-electron chi connectivity index (χ0n) is 21.1. The van der Waals surface area contributed by atoms with Gasteiger partial charge in [-0.3, -0.25) is 4.98 Å². The SMILES string of the molecule is BC(Nc1cc(Cl)c2ncc(C#N)c(NCCC(C)C)c2c1)(c1ccc(F)cc1)c1cn(C2CC2)nn1. The Morgan fingerprint density at radius 1 is 1.27 bits per heavy atom. The molecule has 1 aliphatic rings. The van der Waals surface area contributed by atoms with Gasteiger partial charge in [0.2, 0.25) is 0 Å². The van der Waals surface area contributed by atoms with Crippen molar-refractivity contribution in [2.45, 2.75) is 44.6 Å². The molecule has 37 heavy (non-hydrogen) atoms. The lowest BCUT2D eigenvalue weighted by molar-refractivity contribution is 0.607. The average molecular weight is 516 g/mol. The Kier molecular flexibility index (Phi) is 6.78. The van der Waals surface area contributed by atoms with Gasteiger partial charge in [-0.2, -0.15) is 5.26 Å². The van der Waals surface area contributed by atoms with E-state index in [9.17, 15) is 9.65 Å². The molecule has 0 spiro atoms. The molecule has 1 fully saturated rings. The van der Waals surface area contributed by atoms with Crippen molar-refractivity contribution in [2.24, 2.45) is 5.92 Å². The van der Waals surface area contributed by atoms with Gasteiger partial charge in [0.15, 0.2) is 0 Å². The number of nitrogens with zero attached hydrogens (tertiary/aromatic N) is 5. The molecular formula is C27H28BClFN7. The summed E-state index contributed by atoms with van der Waals surface area (Å²) < 4.78 is 15.7. The molecule has 0 aliphatic heterocycles. The summed E-state index contributed by atoms with van der Waals surface area (Å²) in [5, 5.41) is 26.8. The van der Waals surface area contributed by atoms with Gasteiger partial charge in [0, 0.05) is 23.8 Å². The predicted molar refractivity (Wildman–Crippen MR) is 147 cm³/mol. The highest BCUT2D eigenvalue weighted by atomic mass is 35.5. The third-order valence-electron chi connectivity index (χ3n) is 6.83. The van der Waals surface area contributed by atoms with Gasteiger partial charge in [-0.05, 0) is 55.0 Å². The molecule has 1 saturated carbocycles. The number of hydrogen-bond acceptors (Lipinski definition) is 6. The van der Waals surface area contributed by atoms with Crippen molar-refractivity contribution < 1.29 is 4.39 Å². The van der Waals surface area contributed by atoms with Crippen LogP contribution in [0.4, 0.5) is 15.8 Å². The van der Waals surface area contributed by atoms with E-state index >= 15 is 0 Å². The van der Waals surface area contributed by atoms with E-state index in [1.807, 2.05) is 30.9 Å². The van der Waals surface area contributed by atoms with Crippen LogP contribution in [0.25, 0.3) is 10.9 Å². The third-order valence-corrected chi connectivity index (χ3v) is 7.12. The topological polar surface area (TPSA) is 91.5 Å². The first-order valence-corrected chi connectivity index (χ1v) is 12.9. The zero-order valence-corrected chi connectivity index (χ0v) is 21.8. The largest absolute Gasteiger partial charge is 0.383 e. The predicted octanol–water partition coefficient (Wildman–Crippen LogP) is 5.23. The highest BCUT2D eigenvalue weighted by Crippen LogP contribution is 2.38. The summed E-state index contributed by atoms with van der Waals surface area (Å²) in [4.78, 5) is 4.46. The molecule has 2 aromatic heterocycles. The first-order chi connectivity index (χ1) is 17.8. The Balaban J connectivity index is 1.59.